The van der Waals surface area contributed by atoms with Gasteiger partial charge in [-0.05, 0) is 6.42 Å². The van der Waals surface area contributed by atoms with E-state index in [2.05, 4.69) is 4.74 Å². The molecule has 1 aliphatic rings. The van der Waals surface area contributed by atoms with Crippen LogP contribution in [0.1, 0.15) is 32.6 Å². The minimum absolute atomic E-state index is 0.217. The SMILES string of the molecule is CCC[C@@]1(CC(=O)OC)SCCC1=O. The van der Waals surface area contributed by atoms with Crippen molar-refractivity contribution in [3.05, 3.63) is 0 Å². The normalized spacial score (nSPS) is 26.6. The van der Waals surface area contributed by atoms with E-state index in [-0.39, 0.29) is 18.2 Å². The third-order valence-corrected chi connectivity index (χ3v) is 4.06. The molecule has 1 aliphatic heterocycles. The van der Waals surface area contributed by atoms with Crippen molar-refractivity contribution in [2.45, 2.75) is 37.4 Å². The number of ketones is 1. The van der Waals surface area contributed by atoms with Crippen LogP contribution in [0.3, 0.4) is 0 Å². The lowest BCUT2D eigenvalue weighted by molar-refractivity contribution is -0.142. The van der Waals surface area contributed by atoms with Crippen molar-refractivity contribution in [1.82, 2.24) is 0 Å². The quantitative estimate of drug-likeness (QED) is 0.672. The summed E-state index contributed by atoms with van der Waals surface area (Å²) in [7, 11) is 1.37. The summed E-state index contributed by atoms with van der Waals surface area (Å²) in [5.74, 6) is 0.784. The molecule has 4 heteroatoms. The van der Waals surface area contributed by atoms with E-state index >= 15 is 0 Å². The van der Waals surface area contributed by atoms with Gasteiger partial charge < -0.3 is 4.74 Å². The molecule has 14 heavy (non-hydrogen) atoms. The van der Waals surface area contributed by atoms with Gasteiger partial charge >= 0.3 is 5.97 Å². The highest BCUT2D eigenvalue weighted by Gasteiger charge is 2.43. The number of hydrogen-bond donors (Lipinski definition) is 0. The van der Waals surface area contributed by atoms with Crippen molar-refractivity contribution in [2.75, 3.05) is 12.9 Å². The maximum absolute atomic E-state index is 11.7. The third kappa shape index (κ3) is 2.29. The zero-order valence-corrected chi connectivity index (χ0v) is 9.49. The minimum atomic E-state index is -0.470. The fraction of sp³-hybridized carbons (Fsp3) is 0.800. The molecular weight excluding hydrogens is 200 g/mol. The lowest BCUT2D eigenvalue weighted by Gasteiger charge is -2.24. The molecule has 80 valence electrons. The van der Waals surface area contributed by atoms with Gasteiger partial charge in [0.05, 0.1) is 18.3 Å². The minimum Gasteiger partial charge on any atom is -0.469 e. The first-order valence-corrected chi connectivity index (χ1v) is 5.87. The van der Waals surface area contributed by atoms with E-state index in [1.165, 1.54) is 7.11 Å². The molecule has 0 aromatic rings. The second-order valence-corrected chi connectivity index (χ2v) is 5.00. The molecule has 1 fully saturated rings. The smallest absolute Gasteiger partial charge is 0.307 e. The van der Waals surface area contributed by atoms with E-state index in [4.69, 9.17) is 0 Å². The fourth-order valence-electron chi connectivity index (χ4n) is 1.81. The molecule has 0 aromatic carbocycles. The van der Waals surface area contributed by atoms with Gasteiger partial charge in [-0.15, -0.1) is 11.8 Å². The topological polar surface area (TPSA) is 43.4 Å². The van der Waals surface area contributed by atoms with Crippen molar-refractivity contribution in [1.29, 1.82) is 0 Å². The van der Waals surface area contributed by atoms with Crippen LogP contribution in [0.15, 0.2) is 0 Å². The number of rotatable bonds is 4. The van der Waals surface area contributed by atoms with Crippen LogP contribution in [0, 0.1) is 0 Å². The van der Waals surface area contributed by atoms with Crippen LogP contribution in [-0.2, 0) is 14.3 Å². The van der Waals surface area contributed by atoms with Gasteiger partial charge in [-0.25, -0.2) is 0 Å². The number of ether oxygens (including phenoxy) is 1. The molecule has 1 atom stereocenters. The lowest BCUT2D eigenvalue weighted by Crippen LogP contribution is -2.33. The maximum Gasteiger partial charge on any atom is 0.307 e. The van der Waals surface area contributed by atoms with Gasteiger partial charge in [-0.1, -0.05) is 13.3 Å². The molecule has 0 bridgehead atoms. The van der Waals surface area contributed by atoms with E-state index in [1.807, 2.05) is 6.92 Å². The molecule has 1 saturated heterocycles. The van der Waals surface area contributed by atoms with E-state index in [0.717, 1.165) is 18.6 Å². The molecule has 0 amide bonds. The van der Waals surface area contributed by atoms with Crippen LogP contribution in [0.2, 0.25) is 0 Å². The largest absolute Gasteiger partial charge is 0.469 e. The van der Waals surface area contributed by atoms with Gasteiger partial charge in [0.15, 0.2) is 0 Å². The molecule has 1 heterocycles. The summed E-state index contributed by atoms with van der Waals surface area (Å²) in [5.41, 5.74) is 0. The average molecular weight is 216 g/mol. The second-order valence-electron chi connectivity index (χ2n) is 3.52. The van der Waals surface area contributed by atoms with E-state index < -0.39 is 4.75 Å². The molecule has 1 rings (SSSR count). The Morgan fingerprint density at radius 3 is 2.79 bits per heavy atom. The van der Waals surface area contributed by atoms with Crippen LogP contribution in [-0.4, -0.2) is 29.4 Å². The van der Waals surface area contributed by atoms with Crippen LogP contribution in [0.4, 0.5) is 0 Å². The van der Waals surface area contributed by atoms with Crippen molar-refractivity contribution < 1.29 is 14.3 Å². The summed E-state index contributed by atoms with van der Waals surface area (Å²) in [6.45, 7) is 2.03. The summed E-state index contributed by atoms with van der Waals surface area (Å²) in [5, 5.41) is 0. The van der Waals surface area contributed by atoms with Crippen molar-refractivity contribution in [3.63, 3.8) is 0 Å². The molecule has 0 radical (unpaired) electrons. The molecule has 0 aliphatic carbocycles. The molecular formula is C10H16O3S. The molecule has 0 saturated carbocycles. The van der Waals surface area contributed by atoms with Crippen LogP contribution >= 0.6 is 11.8 Å². The molecule has 3 nitrogen and oxygen atoms in total. The standard InChI is InChI=1S/C10H16O3S/c1-3-5-10(7-9(12)13-2)8(11)4-6-14-10/h3-7H2,1-2H3/t10-/m0/s1. The van der Waals surface area contributed by atoms with Crippen LogP contribution < -0.4 is 0 Å². The van der Waals surface area contributed by atoms with E-state index in [1.54, 1.807) is 11.8 Å². The van der Waals surface area contributed by atoms with Gasteiger partial charge in [-0.2, -0.15) is 0 Å². The van der Waals surface area contributed by atoms with Gasteiger partial charge in [0.1, 0.15) is 5.78 Å². The number of carbonyl (C=O) groups is 2. The van der Waals surface area contributed by atoms with Crippen molar-refractivity contribution in [2.24, 2.45) is 0 Å². The van der Waals surface area contributed by atoms with Crippen LogP contribution in [0.25, 0.3) is 0 Å². The zero-order valence-electron chi connectivity index (χ0n) is 8.67. The van der Waals surface area contributed by atoms with Crippen LogP contribution in [0.5, 0.6) is 0 Å². The first kappa shape index (κ1) is 11.6. The Morgan fingerprint density at radius 1 is 1.64 bits per heavy atom. The Balaban J connectivity index is 2.71. The van der Waals surface area contributed by atoms with Gasteiger partial charge in [0, 0.05) is 12.2 Å². The number of esters is 1. The molecule has 0 N–H and O–H groups in total. The van der Waals surface area contributed by atoms with Crippen molar-refractivity contribution >= 4 is 23.5 Å². The highest BCUT2D eigenvalue weighted by Crippen LogP contribution is 2.41. The Kier molecular flexibility index (Phi) is 3.98. The number of hydrogen-bond acceptors (Lipinski definition) is 4. The average Bonchev–Trinajstić information content (AvgIpc) is 2.49. The first-order valence-electron chi connectivity index (χ1n) is 4.88. The summed E-state index contributed by atoms with van der Waals surface area (Å²) in [6.07, 6.45) is 2.55. The predicted molar refractivity (Wildman–Crippen MR) is 56.4 cm³/mol. The molecule has 0 spiro atoms. The van der Waals surface area contributed by atoms with E-state index in [0.29, 0.717) is 6.42 Å². The molecule has 0 aromatic heterocycles. The lowest BCUT2D eigenvalue weighted by atomic mass is 9.93. The summed E-state index contributed by atoms with van der Waals surface area (Å²) < 4.78 is 4.16. The maximum atomic E-state index is 11.7. The number of methoxy groups -OCH3 is 1. The van der Waals surface area contributed by atoms with Gasteiger partial charge in [0.25, 0.3) is 0 Å². The Hall–Kier alpha value is -0.510. The number of Topliss-reactive ketones (excluding diaryl/α,β-unsaturated/α-hetero) is 1. The Labute approximate surface area is 88.6 Å². The van der Waals surface area contributed by atoms with Gasteiger partial charge in [0.2, 0.25) is 0 Å². The highest BCUT2D eigenvalue weighted by atomic mass is 32.2. The number of thioether (sulfide) groups is 1. The number of carbonyl (C=O) groups excluding carboxylic acids is 2. The third-order valence-electron chi connectivity index (χ3n) is 2.53. The second kappa shape index (κ2) is 4.82. The molecule has 0 unspecified atom stereocenters. The highest BCUT2D eigenvalue weighted by molar-refractivity contribution is 8.02. The summed E-state index contributed by atoms with van der Waals surface area (Å²) in [4.78, 5) is 22.9. The van der Waals surface area contributed by atoms with Crippen molar-refractivity contribution in [3.8, 4) is 0 Å². The first-order chi connectivity index (χ1) is 6.64. The monoisotopic (exact) mass is 216 g/mol. The zero-order chi connectivity index (χ0) is 10.6. The predicted octanol–water partition coefficient (Wildman–Crippen LogP) is 1.79. The van der Waals surface area contributed by atoms with E-state index in [9.17, 15) is 9.59 Å². The Bertz CT molecular complexity index is 240. The Morgan fingerprint density at radius 2 is 2.36 bits per heavy atom. The van der Waals surface area contributed by atoms with Gasteiger partial charge in [-0.3, -0.25) is 9.59 Å². The fourth-order valence-corrected chi connectivity index (χ4v) is 3.32. The summed E-state index contributed by atoms with van der Waals surface area (Å²) in [6, 6.07) is 0. The summed E-state index contributed by atoms with van der Waals surface area (Å²) >= 11 is 1.62.